The van der Waals surface area contributed by atoms with Crippen molar-refractivity contribution >= 4 is 5.78 Å². The largest absolute Gasteiger partial charge is 0.497 e. The number of rotatable bonds is 6. The van der Waals surface area contributed by atoms with Gasteiger partial charge in [-0.3, -0.25) is 4.79 Å². The second kappa shape index (κ2) is 8.00. The van der Waals surface area contributed by atoms with Gasteiger partial charge in [0.25, 0.3) is 0 Å². The Labute approximate surface area is 126 Å². The maximum Gasteiger partial charge on any atom is 0.168 e. The van der Waals surface area contributed by atoms with Crippen LogP contribution in [0.2, 0.25) is 0 Å². The zero-order valence-electron chi connectivity index (χ0n) is 12.9. The highest BCUT2D eigenvalue weighted by Crippen LogP contribution is 2.25. The highest BCUT2D eigenvalue weighted by Gasteiger charge is 2.16. The molecule has 116 valence electrons. The van der Waals surface area contributed by atoms with Crippen molar-refractivity contribution in [3.63, 3.8) is 0 Å². The monoisotopic (exact) mass is 292 g/mol. The number of ether oxygens (including phenoxy) is 2. The molecule has 2 rings (SSSR count). The Bertz CT molecular complexity index is 469. The summed E-state index contributed by atoms with van der Waals surface area (Å²) in [5.74, 6) is 1.39. The molecular formula is C16H24N2O3. The maximum atomic E-state index is 12.4. The molecule has 1 saturated heterocycles. The predicted molar refractivity (Wildman–Crippen MR) is 82.4 cm³/mol. The molecular weight excluding hydrogens is 268 g/mol. The van der Waals surface area contributed by atoms with Crippen molar-refractivity contribution in [3.05, 3.63) is 23.8 Å². The minimum Gasteiger partial charge on any atom is -0.497 e. The van der Waals surface area contributed by atoms with E-state index in [-0.39, 0.29) is 5.78 Å². The molecule has 0 aromatic heterocycles. The van der Waals surface area contributed by atoms with Gasteiger partial charge in [0.1, 0.15) is 11.5 Å². The summed E-state index contributed by atoms with van der Waals surface area (Å²) in [6, 6.07) is 5.34. The third-order valence-corrected chi connectivity index (χ3v) is 3.79. The van der Waals surface area contributed by atoms with Gasteiger partial charge >= 0.3 is 0 Å². The fraction of sp³-hybridized carbons (Fsp3) is 0.562. The highest BCUT2D eigenvalue weighted by atomic mass is 16.5. The minimum atomic E-state index is 0.1000. The molecule has 1 aromatic rings. The van der Waals surface area contributed by atoms with Gasteiger partial charge in [0.15, 0.2) is 5.78 Å². The molecule has 1 aliphatic rings. The second-order valence-corrected chi connectivity index (χ2v) is 5.18. The molecule has 0 radical (unpaired) electrons. The van der Waals surface area contributed by atoms with Crippen LogP contribution in [-0.4, -0.2) is 57.6 Å². The third kappa shape index (κ3) is 4.44. The summed E-state index contributed by atoms with van der Waals surface area (Å²) in [6.45, 7) is 4.91. The molecule has 1 aliphatic heterocycles. The van der Waals surface area contributed by atoms with Crippen molar-refractivity contribution in [1.82, 2.24) is 10.2 Å². The maximum absolute atomic E-state index is 12.4. The van der Waals surface area contributed by atoms with E-state index in [1.54, 1.807) is 32.4 Å². The molecule has 1 aromatic carbocycles. The van der Waals surface area contributed by atoms with E-state index in [4.69, 9.17) is 9.47 Å². The molecule has 0 spiro atoms. The quantitative estimate of drug-likeness (QED) is 0.807. The van der Waals surface area contributed by atoms with Gasteiger partial charge in [0.2, 0.25) is 0 Å². The van der Waals surface area contributed by atoms with E-state index in [2.05, 4.69) is 10.2 Å². The van der Waals surface area contributed by atoms with Gasteiger partial charge in [0.05, 0.1) is 19.8 Å². The first-order chi connectivity index (χ1) is 10.2. The number of nitrogens with zero attached hydrogens (tertiary/aromatic N) is 1. The number of hydrogen-bond acceptors (Lipinski definition) is 5. The fourth-order valence-electron chi connectivity index (χ4n) is 2.55. The lowest BCUT2D eigenvalue weighted by Crippen LogP contribution is -2.30. The van der Waals surface area contributed by atoms with E-state index in [9.17, 15) is 4.79 Å². The van der Waals surface area contributed by atoms with Crippen LogP contribution in [0.4, 0.5) is 0 Å². The van der Waals surface area contributed by atoms with Crippen LogP contribution in [0.5, 0.6) is 11.5 Å². The molecule has 21 heavy (non-hydrogen) atoms. The smallest absolute Gasteiger partial charge is 0.168 e. The average molecular weight is 292 g/mol. The molecule has 0 atom stereocenters. The van der Waals surface area contributed by atoms with E-state index in [0.29, 0.717) is 23.5 Å². The minimum absolute atomic E-state index is 0.1000. The van der Waals surface area contributed by atoms with Crippen LogP contribution < -0.4 is 14.8 Å². The fourth-order valence-corrected chi connectivity index (χ4v) is 2.55. The van der Waals surface area contributed by atoms with E-state index >= 15 is 0 Å². The topological polar surface area (TPSA) is 50.8 Å². The number of benzene rings is 1. The van der Waals surface area contributed by atoms with Crippen LogP contribution in [0.3, 0.4) is 0 Å². The summed E-state index contributed by atoms with van der Waals surface area (Å²) < 4.78 is 10.5. The standard InChI is InChI=1S/C16H24N2O3/c1-20-13-4-5-16(21-2)14(12-13)15(19)6-10-18-9-3-7-17-8-11-18/h4-5,12,17H,3,6-11H2,1-2H3. The Balaban J connectivity index is 1.98. The summed E-state index contributed by atoms with van der Waals surface area (Å²) in [5.41, 5.74) is 0.602. The van der Waals surface area contributed by atoms with E-state index < -0.39 is 0 Å². The number of carbonyl (C=O) groups is 1. The number of hydrogen-bond donors (Lipinski definition) is 1. The summed E-state index contributed by atoms with van der Waals surface area (Å²) in [4.78, 5) is 14.8. The Morgan fingerprint density at radius 3 is 2.86 bits per heavy atom. The first kappa shape index (κ1) is 15.8. The van der Waals surface area contributed by atoms with Gasteiger partial charge in [-0.1, -0.05) is 0 Å². The van der Waals surface area contributed by atoms with Gasteiger partial charge in [-0.15, -0.1) is 0 Å². The van der Waals surface area contributed by atoms with Crippen molar-refractivity contribution in [1.29, 1.82) is 0 Å². The lowest BCUT2D eigenvalue weighted by atomic mass is 10.1. The van der Waals surface area contributed by atoms with Gasteiger partial charge in [-0.05, 0) is 37.7 Å². The van der Waals surface area contributed by atoms with Crippen LogP contribution in [0, 0.1) is 0 Å². The van der Waals surface area contributed by atoms with Gasteiger partial charge in [-0.2, -0.15) is 0 Å². The van der Waals surface area contributed by atoms with Crippen molar-refractivity contribution in [2.24, 2.45) is 0 Å². The first-order valence-electron chi connectivity index (χ1n) is 7.43. The summed E-state index contributed by atoms with van der Waals surface area (Å²) in [5, 5.41) is 3.37. The molecule has 0 unspecified atom stereocenters. The molecule has 0 aliphatic carbocycles. The summed E-state index contributed by atoms with van der Waals surface area (Å²) in [6.07, 6.45) is 1.64. The van der Waals surface area contributed by atoms with Crippen LogP contribution >= 0.6 is 0 Å². The Hall–Kier alpha value is -1.59. The lowest BCUT2D eigenvalue weighted by molar-refractivity contribution is 0.0962. The molecule has 1 N–H and O–H groups in total. The zero-order valence-corrected chi connectivity index (χ0v) is 12.9. The van der Waals surface area contributed by atoms with E-state index in [1.807, 2.05) is 0 Å². The number of nitrogens with one attached hydrogen (secondary N) is 1. The SMILES string of the molecule is COc1ccc(OC)c(C(=O)CCN2CCCNCC2)c1. The molecule has 0 amide bonds. The molecule has 5 heteroatoms. The van der Waals surface area contributed by atoms with Crippen LogP contribution in [0.15, 0.2) is 18.2 Å². The average Bonchev–Trinajstić information content (AvgIpc) is 2.80. The lowest BCUT2D eigenvalue weighted by Gasteiger charge is -2.19. The third-order valence-electron chi connectivity index (χ3n) is 3.79. The summed E-state index contributed by atoms with van der Waals surface area (Å²) in [7, 11) is 3.18. The summed E-state index contributed by atoms with van der Waals surface area (Å²) >= 11 is 0. The van der Waals surface area contributed by atoms with Gasteiger partial charge in [-0.25, -0.2) is 0 Å². The Morgan fingerprint density at radius 1 is 1.24 bits per heavy atom. The number of Topliss-reactive ketones (excluding diaryl/α,β-unsaturated/α-hetero) is 1. The van der Waals surface area contributed by atoms with Gasteiger partial charge in [0, 0.05) is 26.1 Å². The molecule has 5 nitrogen and oxygen atoms in total. The molecule has 0 saturated carbocycles. The second-order valence-electron chi connectivity index (χ2n) is 5.18. The number of ketones is 1. The van der Waals surface area contributed by atoms with Crippen LogP contribution in [0.25, 0.3) is 0 Å². The van der Waals surface area contributed by atoms with E-state index in [0.717, 1.165) is 39.1 Å². The van der Waals surface area contributed by atoms with Crippen molar-refractivity contribution in [2.75, 3.05) is 46.9 Å². The molecule has 1 heterocycles. The Morgan fingerprint density at radius 2 is 2.10 bits per heavy atom. The normalized spacial score (nSPS) is 16.3. The number of methoxy groups -OCH3 is 2. The Kier molecular flexibility index (Phi) is 6.02. The molecule has 0 bridgehead atoms. The van der Waals surface area contributed by atoms with Crippen LogP contribution in [0.1, 0.15) is 23.2 Å². The predicted octanol–water partition coefficient (Wildman–Crippen LogP) is 1.57. The van der Waals surface area contributed by atoms with Crippen LogP contribution in [-0.2, 0) is 0 Å². The van der Waals surface area contributed by atoms with Gasteiger partial charge < -0.3 is 19.7 Å². The molecule has 1 fully saturated rings. The first-order valence-corrected chi connectivity index (χ1v) is 7.43. The number of carbonyl (C=O) groups excluding carboxylic acids is 1. The van der Waals surface area contributed by atoms with Crippen molar-refractivity contribution in [2.45, 2.75) is 12.8 Å². The highest BCUT2D eigenvalue weighted by molar-refractivity contribution is 5.99. The zero-order chi connectivity index (χ0) is 15.1. The van der Waals surface area contributed by atoms with E-state index in [1.165, 1.54) is 0 Å². The van der Waals surface area contributed by atoms with Crippen molar-refractivity contribution in [3.8, 4) is 11.5 Å². The van der Waals surface area contributed by atoms with Crippen molar-refractivity contribution < 1.29 is 14.3 Å².